The van der Waals surface area contributed by atoms with E-state index >= 15 is 0 Å². The summed E-state index contributed by atoms with van der Waals surface area (Å²) in [7, 11) is 0. The van der Waals surface area contributed by atoms with Crippen molar-refractivity contribution in [1.82, 2.24) is 10.3 Å². The van der Waals surface area contributed by atoms with Gasteiger partial charge in [-0.05, 0) is 57.0 Å². The summed E-state index contributed by atoms with van der Waals surface area (Å²) < 4.78 is 5.65. The molecule has 0 saturated carbocycles. The SMILES string of the molecule is CC(C)Oc1ccc(C2=NCc3ccc(N4CCC5(CCNC5)C4=O)cc32)cn1. The van der Waals surface area contributed by atoms with Crippen molar-refractivity contribution in [2.45, 2.75) is 39.3 Å². The fraction of sp³-hybridized carbons (Fsp3) is 0.435. The Labute approximate surface area is 171 Å². The summed E-state index contributed by atoms with van der Waals surface area (Å²) in [6, 6.07) is 10.2. The maximum absolute atomic E-state index is 13.1. The van der Waals surface area contributed by atoms with Gasteiger partial charge in [-0.25, -0.2) is 4.98 Å². The molecule has 2 aromatic rings. The molecule has 6 nitrogen and oxygen atoms in total. The quantitative estimate of drug-likeness (QED) is 0.872. The number of anilines is 1. The molecule has 4 heterocycles. The Morgan fingerprint density at radius 2 is 2.10 bits per heavy atom. The van der Waals surface area contributed by atoms with Crippen molar-refractivity contribution in [3.8, 4) is 5.88 Å². The second-order valence-corrected chi connectivity index (χ2v) is 8.47. The highest BCUT2D eigenvalue weighted by atomic mass is 16.5. The van der Waals surface area contributed by atoms with Crippen LogP contribution in [0.2, 0.25) is 0 Å². The number of carbonyl (C=O) groups is 1. The number of hydrogen-bond donors (Lipinski definition) is 1. The molecular weight excluding hydrogens is 364 g/mol. The molecule has 150 valence electrons. The number of fused-ring (bicyclic) bond motifs is 1. The molecule has 1 aromatic heterocycles. The highest BCUT2D eigenvalue weighted by Crippen LogP contribution is 2.40. The molecule has 0 bridgehead atoms. The Hall–Kier alpha value is -2.73. The predicted molar refractivity (Wildman–Crippen MR) is 113 cm³/mol. The van der Waals surface area contributed by atoms with Gasteiger partial charge in [-0.2, -0.15) is 0 Å². The molecule has 0 radical (unpaired) electrons. The number of pyridine rings is 1. The molecule has 5 rings (SSSR count). The molecule has 2 saturated heterocycles. The Bertz CT molecular complexity index is 975. The summed E-state index contributed by atoms with van der Waals surface area (Å²) in [5, 5.41) is 3.36. The fourth-order valence-corrected chi connectivity index (χ4v) is 4.63. The minimum atomic E-state index is -0.202. The van der Waals surface area contributed by atoms with Crippen molar-refractivity contribution in [3.05, 3.63) is 53.2 Å². The van der Waals surface area contributed by atoms with E-state index in [-0.39, 0.29) is 17.4 Å². The standard InChI is InChI=1S/C23H26N4O2/c1-15(2)29-20-6-4-17(13-25-20)21-19-11-18(5-3-16(19)12-26-21)27-10-8-23(22(27)28)7-9-24-14-23/h3-6,11,13,15,24H,7-10,12,14H2,1-2H3. The fourth-order valence-electron chi connectivity index (χ4n) is 4.63. The maximum atomic E-state index is 13.1. The summed E-state index contributed by atoms with van der Waals surface area (Å²) in [5.74, 6) is 0.880. The van der Waals surface area contributed by atoms with Gasteiger partial charge in [0.1, 0.15) is 0 Å². The average molecular weight is 390 g/mol. The van der Waals surface area contributed by atoms with Gasteiger partial charge in [0.2, 0.25) is 11.8 Å². The van der Waals surface area contributed by atoms with E-state index in [1.165, 1.54) is 5.56 Å². The molecule has 2 fully saturated rings. The van der Waals surface area contributed by atoms with E-state index in [9.17, 15) is 4.79 Å². The lowest BCUT2D eigenvalue weighted by Crippen LogP contribution is -2.36. The van der Waals surface area contributed by atoms with Crippen LogP contribution in [0.1, 0.15) is 43.4 Å². The zero-order valence-electron chi connectivity index (χ0n) is 16.9. The average Bonchev–Trinajstić information content (AvgIpc) is 3.43. The number of rotatable bonds is 4. The van der Waals surface area contributed by atoms with Crippen molar-refractivity contribution in [2.24, 2.45) is 10.4 Å². The lowest BCUT2D eigenvalue weighted by molar-refractivity contribution is -0.124. The maximum Gasteiger partial charge on any atom is 0.234 e. The molecule has 1 amide bonds. The van der Waals surface area contributed by atoms with Gasteiger partial charge in [0.15, 0.2) is 0 Å². The van der Waals surface area contributed by atoms with E-state index in [2.05, 4.69) is 28.5 Å². The van der Waals surface area contributed by atoms with E-state index in [0.29, 0.717) is 12.4 Å². The highest BCUT2D eigenvalue weighted by molar-refractivity contribution is 6.15. The van der Waals surface area contributed by atoms with Crippen LogP contribution in [0.4, 0.5) is 5.69 Å². The van der Waals surface area contributed by atoms with Gasteiger partial charge >= 0.3 is 0 Å². The topological polar surface area (TPSA) is 66.8 Å². The summed E-state index contributed by atoms with van der Waals surface area (Å²) >= 11 is 0. The van der Waals surface area contributed by atoms with Crippen molar-refractivity contribution in [3.63, 3.8) is 0 Å². The number of aliphatic imine (C=N–C) groups is 1. The zero-order chi connectivity index (χ0) is 20.0. The molecule has 1 aromatic carbocycles. The molecule has 1 atom stereocenters. The van der Waals surface area contributed by atoms with Crippen molar-refractivity contribution < 1.29 is 9.53 Å². The molecule has 6 heteroatoms. The van der Waals surface area contributed by atoms with Crippen molar-refractivity contribution >= 4 is 17.3 Å². The van der Waals surface area contributed by atoms with Crippen LogP contribution in [0.15, 0.2) is 41.5 Å². The molecule has 1 N–H and O–H groups in total. The number of nitrogens with zero attached hydrogens (tertiary/aromatic N) is 3. The van der Waals surface area contributed by atoms with Crippen LogP contribution in [0.25, 0.3) is 0 Å². The molecule has 3 aliphatic heterocycles. The van der Waals surface area contributed by atoms with Crippen molar-refractivity contribution in [2.75, 3.05) is 24.5 Å². The Morgan fingerprint density at radius 1 is 1.21 bits per heavy atom. The minimum absolute atomic E-state index is 0.0943. The van der Waals surface area contributed by atoms with E-state index < -0.39 is 0 Å². The van der Waals surface area contributed by atoms with Crippen LogP contribution in [0, 0.1) is 5.41 Å². The third-order valence-corrected chi connectivity index (χ3v) is 6.19. The number of nitrogens with one attached hydrogen (secondary N) is 1. The largest absolute Gasteiger partial charge is 0.475 e. The third kappa shape index (κ3) is 3.12. The van der Waals surface area contributed by atoms with Gasteiger partial charge in [-0.1, -0.05) is 6.07 Å². The summed E-state index contributed by atoms with van der Waals surface area (Å²) in [6.07, 6.45) is 3.78. The Morgan fingerprint density at radius 3 is 2.83 bits per heavy atom. The van der Waals surface area contributed by atoms with E-state index in [0.717, 1.165) is 55.0 Å². The van der Waals surface area contributed by atoms with Crippen LogP contribution in [0.3, 0.4) is 0 Å². The summed E-state index contributed by atoms with van der Waals surface area (Å²) in [5.41, 5.74) is 4.97. The molecular formula is C23H26N4O2. The van der Waals surface area contributed by atoms with E-state index in [1.807, 2.05) is 37.1 Å². The normalized spacial score (nSPS) is 23.2. The number of amides is 1. The Kier molecular flexibility index (Phi) is 4.39. The van der Waals surface area contributed by atoms with Gasteiger partial charge in [-0.15, -0.1) is 0 Å². The smallest absolute Gasteiger partial charge is 0.234 e. The van der Waals surface area contributed by atoms with Gasteiger partial charge in [0.25, 0.3) is 0 Å². The number of hydrogen-bond acceptors (Lipinski definition) is 5. The number of ether oxygens (including phenoxy) is 1. The lowest BCUT2D eigenvalue weighted by Gasteiger charge is -2.22. The predicted octanol–water partition coefficient (Wildman–Crippen LogP) is 2.94. The van der Waals surface area contributed by atoms with Gasteiger partial charge in [-0.3, -0.25) is 9.79 Å². The zero-order valence-corrected chi connectivity index (χ0v) is 16.9. The number of aromatic nitrogens is 1. The monoisotopic (exact) mass is 390 g/mol. The summed E-state index contributed by atoms with van der Waals surface area (Å²) in [4.78, 5) is 24.3. The highest BCUT2D eigenvalue weighted by Gasteiger charge is 2.48. The minimum Gasteiger partial charge on any atom is -0.475 e. The second-order valence-electron chi connectivity index (χ2n) is 8.47. The van der Waals surface area contributed by atoms with Crippen LogP contribution in [-0.4, -0.2) is 42.3 Å². The Balaban J connectivity index is 1.42. The van der Waals surface area contributed by atoms with Gasteiger partial charge < -0.3 is 15.0 Å². The van der Waals surface area contributed by atoms with Gasteiger partial charge in [0, 0.05) is 42.2 Å². The first kappa shape index (κ1) is 18.3. The third-order valence-electron chi connectivity index (χ3n) is 6.19. The number of benzene rings is 1. The first-order chi connectivity index (χ1) is 14.1. The lowest BCUT2D eigenvalue weighted by atomic mass is 9.86. The molecule has 29 heavy (non-hydrogen) atoms. The molecule has 1 unspecified atom stereocenters. The van der Waals surface area contributed by atoms with Crippen LogP contribution < -0.4 is 15.0 Å². The van der Waals surface area contributed by atoms with Crippen LogP contribution in [0.5, 0.6) is 5.88 Å². The first-order valence-electron chi connectivity index (χ1n) is 10.4. The first-order valence-corrected chi connectivity index (χ1v) is 10.4. The van der Waals surface area contributed by atoms with Crippen LogP contribution in [-0.2, 0) is 11.3 Å². The van der Waals surface area contributed by atoms with Crippen LogP contribution >= 0.6 is 0 Å². The van der Waals surface area contributed by atoms with E-state index in [4.69, 9.17) is 9.73 Å². The van der Waals surface area contributed by atoms with Crippen molar-refractivity contribution in [1.29, 1.82) is 0 Å². The summed E-state index contributed by atoms with van der Waals surface area (Å²) in [6.45, 7) is 7.16. The number of carbonyl (C=O) groups excluding carboxylic acids is 1. The van der Waals surface area contributed by atoms with E-state index in [1.54, 1.807) is 0 Å². The molecule has 3 aliphatic rings. The van der Waals surface area contributed by atoms with Gasteiger partial charge in [0.05, 0.1) is 23.8 Å². The molecule has 1 spiro atoms. The second kappa shape index (κ2) is 6.95. The molecule has 0 aliphatic carbocycles.